The molecule has 108 valence electrons. The zero-order chi connectivity index (χ0) is 12.3. The predicted octanol–water partition coefficient (Wildman–Crippen LogP) is 3.31. The Labute approximate surface area is 119 Å². The third-order valence-corrected chi connectivity index (χ3v) is 4.86. The lowest BCUT2D eigenvalue weighted by Gasteiger charge is -2.43. The summed E-state index contributed by atoms with van der Waals surface area (Å²) in [4.78, 5) is 2.81. The summed E-state index contributed by atoms with van der Waals surface area (Å²) in [5.74, 6) is 0.904. The Morgan fingerprint density at radius 2 is 2.17 bits per heavy atom. The number of halogens is 1. The predicted molar refractivity (Wildman–Crippen MR) is 81.5 cm³/mol. The highest BCUT2D eigenvalue weighted by Gasteiger charge is 2.35. The molecule has 0 aromatic rings. The van der Waals surface area contributed by atoms with Crippen molar-refractivity contribution in [3.05, 3.63) is 0 Å². The van der Waals surface area contributed by atoms with Crippen molar-refractivity contribution in [2.75, 3.05) is 26.2 Å². The van der Waals surface area contributed by atoms with Crippen molar-refractivity contribution in [2.24, 2.45) is 11.3 Å². The molecule has 3 heteroatoms. The maximum absolute atomic E-state index is 3.53. The first-order valence-electron chi connectivity index (χ1n) is 7.59. The van der Waals surface area contributed by atoms with Gasteiger partial charge in [0.25, 0.3) is 0 Å². The maximum Gasteiger partial charge on any atom is 0.0121 e. The molecule has 0 spiro atoms. The number of nitrogens with zero attached hydrogens (tertiary/aromatic N) is 1. The summed E-state index contributed by atoms with van der Waals surface area (Å²) < 4.78 is 0. The highest BCUT2D eigenvalue weighted by molar-refractivity contribution is 5.85. The van der Waals surface area contributed by atoms with Crippen molar-refractivity contribution in [2.45, 2.75) is 58.9 Å². The molecular formula is C15H31ClN2. The summed E-state index contributed by atoms with van der Waals surface area (Å²) in [7, 11) is 0. The molecule has 2 fully saturated rings. The lowest BCUT2D eigenvalue weighted by molar-refractivity contribution is 0.0569. The highest BCUT2D eigenvalue weighted by Crippen LogP contribution is 2.32. The SMILES string of the molecule is CCCC1C(C)CCCN1CC1(C)CCNC1.Cl. The van der Waals surface area contributed by atoms with Gasteiger partial charge in [0.15, 0.2) is 0 Å². The van der Waals surface area contributed by atoms with Crippen molar-refractivity contribution in [1.29, 1.82) is 0 Å². The monoisotopic (exact) mass is 274 g/mol. The minimum atomic E-state index is 0. The molecule has 2 nitrogen and oxygen atoms in total. The van der Waals surface area contributed by atoms with Gasteiger partial charge in [-0.05, 0) is 50.1 Å². The van der Waals surface area contributed by atoms with Crippen molar-refractivity contribution in [3.8, 4) is 0 Å². The average molecular weight is 275 g/mol. The maximum atomic E-state index is 3.53. The summed E-state index contributed by atoms with van der Waals surface area (Å²) in [6, 6.07) is 0.853. The largest absolute Gasteiger partial charge is 0.316 e. The van der Waals surface area contributed by atoms with E-state index in [9.17, 15) is 0 Å². The number of likely N-dealkylation sites (tertiary alicyclic amines) is 1. The van der Waals surface area contributed by atoms with E-state index in [0.717, 1.165) is 12.0 Å². The summed E-state index contributed by atoms with van der Waals surface area (Å²) in [6.45, 7) is 12.4. The fourth-order valence-electron chi connectivity index (χ4n) is 3.79. The van der Waals surface area contributed by atoms with E-state index in [1.165, 1.54) is 58.3 Å². The quantitative estimate of drug-likeness (QED) is 0.846. The molecule has 3 unspecified atom stereocenters. The first-order valence-corrected chi connectivity index (χ1v) is 7.59. The van der Waals surface area contributed by atoms with Crippen LogP contribution in [0, 0.1) is 11.3 Å². The van der Waals surface area contributed by atoms with Crippen LogP contribution in [-0.2, 0) is 0 Å². The van der Waals surface area contributed by atoms with E-state index in [4.69, 9.17) is 0 Å². The van der Waals surface area contributed by atoms with E-state index in [2.05, 4.69) is 31.0 Å². The Kier molecular flexibility index (Phi) is 6.43. The van der Waals surface area contributed by atoms with Crippen LogP contribution in [0.5, 0.6) is 0 Å². The van der Waals surface area contributed by atoms with E-state index < -0.39 is 0 Å². The van der Waals surface area contributed by atoms with Gasteiger partial charge in [0.2, 0.25) is 0 Å². The Bertz CT molecular complexity index is 239. The van der Waals surface area contributed by atoms with Crippen LogP contribution in [0.15, 0.2) is 0 Å². The second-order valence-corrected chi connectivity index (χ2v) is 6.68. The van der Waals surface area contributed by atoms with Gasteiger partial charge in [-0.3, -0.25) is 4.90 Å². The Hall–Kier alpha value is 0.210. The Balaban J connectivity index is 0.00000162. The van der Waals surface area contributed by atoms with Gasteiger partial charge in [-0.1, -0.05) is 27.2 Å². The van der Waals surface area contributed by atoms with Gasteiger partial charge in [0, 0.05) is 19.1 Å². The molecule has 0 radical (unpaired) electrons. The number of hydrogen-bond donors (Lipinski definition) is 1. The normalized spacial score (nSPS) is 37.5. The lowest BCUT2D eigenvalue weighted by atomic mass is 9.83. The zero-order valence-electron chi connectivity index (χ0n) is 12.4. The second kappa shape index (κ2) is 7.12. The molecule has 0 bridgehead atoms. The fourth-order valence-corrected chi connectivity index (χ4v) is 3.79. The van der Waals surface area contributed by atoms with Crippen molar-refractivity contribution < 1.29 is 0 Å². The second-order valence-electron chi connectivity index (χ2n) is 6.68. The summed E-state index contributed by atoms with van der Waals surface area (Å²) in [6.07, 6.45) is 6.93. The molecule has 2 rings (SSSR count). The van der Waals surface area contributed by atoms with E-state index in [0.29, 0.717) is 5.41 Å². The smallest absolute Gasteiger partial charge is 0.0121 e. The van der Waals surface area contributed by atoms with Crippen LogP contribution in [-0.4, -0.2) is 37.1 Å². The topological polar surface area (TPSA) is 15.3 Å². The molecule has 2 aliphatic heterocycles. The Morgan fingerprint density at radius 1 is 1.39 bits per heavy atom. The molecular weight excluding hydrogens is 244 g/mol. The van der Waals surface area contributed by atoms with Crippen LogP contribution in [0.1, 0.15) is 52.9 Å². The molecule has 1 N–H and O–H groups in total. The van der Waals surface area contributed by atoms with E-state index in [1.807, 2.05) is 0 Å². The minimum absolute atomic E-state index is 0. The van der Waals surface area contributed by atoms with E-state index in [-0.39, 0.29) is 12.4 Å². The number of nitrogens with one attached hydrogen (secondary N) is 1. The lowest BCUT2D eigenvalue weighted by Crippen LogP contribution is -2.49. The third kappa shape index (κ3) is 3.85. The molecule has 18 heavy (non-hydrogen) atoms. The van der Waals surface area contributed by atoms with Gasteiger partial charge >= 0.3 is 0 Å². The number of rotatable bonds is 4. The third-order valence-electron chi connectivity index (χ3n) is 4.86. The van der Waals surface area contributed by atoms with Gasteiger partial charge in [-0.15, -0.1) is 12.4 Å². The summed E-state index contributed by atoms with van der Waals surface area (Å²) in [5.41, 5.74) is 0.531. The standard InChI is InChI=1S/C15H30N2.ClH/c1-4-6-14-13(2)7-5-10-17(14)12-15(3)8-9-16-11-15;/h13-14,16H,4-12H2,1-3H3;1H. The van der Waals surface area contributed by atoms with Crippen LogP contribution in [0.4, 0.5) is 0 Å². The van der Waals surface area contributed by atoms with E-state index in [1.54, 1.807) is 0 Å². The van der Waals surface area contributed by atoms with Crippen molar-refractivity contribution in [1.82, 2.24) is 10.2 Å². The first-order chi connectivity index (χ1) is 8.14. The summed E-state index contributed by atoms with van der Waals surface area (Å²) in [5, 5.41) is 3.53. The van der Waals surface area contributed by atoms with Crippen molar-refractivity contribution in [3.63, 3.8) is 0 Å². The van der Waals surface area contributed by atoms with Gasteiger partial charge in [-0.2, -0.15) is 0 Å². The molecule has 2 saturated heterocycles. The molecule has 2 aliphatic rings. The Morgan fingerprint density at radius 3 is 2.78 bits per heavy atom. The number of hydrogen-bond acceptors (Lipinski definition) is 2. The number of piperidine rings is 1. The molecule has 2 heterocycles. The zero-order valence-corrected chi connectivity index (χ0v) is 13.2. The van der Waals surface area contributed by atoms with Crippen molar-refractivity contribution >= 4 is 12.4 Å². The highest BCUT2D eigenvalue weighted by atomic mass is 35.5. The summed E-state index contributed by atoms with van der Waals surface area (Å²) >= 11 is 0. The van der Waals surface area contributed by atoms with Gasteiger partial charge in [0.1, 0.15) is 0 Å². The molecule has 0 aromatic carbocycles. The first kappa shape index (κ1) is 16.3. The van der Waals surface area contributed by atoms with Crippen LogP contribution in [0.3, 0.4) is 0 Å². The fraction of sp³-hybridized carbons (Fsp3) is 1.00. The molecule has 0 aromatic heterocycles. The molecule has 0 saturated carbocycles. The van der Waals surface area contributed by atoms with E-state index >= 15 is 0 Å². The van der Waals surface area contributed by atoms with Crippen LogP contribution in [0.2, 0.25) is 0 Å². The van der Waals surface area contributed by atoms with Gasteiger partial charge < -0.3 is 5.32 Å². The van der Waals surface area contributed by atoms with Gasteiger partial charge in [-0.25, -0.2) is 0 Å². The van der Waals surface area contributed by atoms with Crippen LogP contribution >= 0.6 is 12.4 Å². The minimum Gasteiger partial charge on any atom is -0.316 e. The van der Waals surface area contributed by atoms with Gasteiger partial charge in [0.05, 0.1) is 0 Å². The molecule has 3 atom stereocenters. The van der Waals surface area contributed by atoms with Crippen LogP contribution in [0.25, 0.3) is 0 Å². The molecule has 0 aliphatic carbocycles. The average Bonchev–Trinajstić information content (AvgIpc) is 2.70. The van der Waals surface area contributed by atoms with Crippen LogP contribution < -0.4 is 5.32 Å². The molecule has 0 amide bonds.